The first kappa shape index (κ1) is 18.4. The largest absolute Gasteiger partial charge is 0.497 e. The highest BCUT2D eigenvalue weighted by molar-refractivity contribution is 9.10. The van der Waals surface area contributed by atoms with Gasteiger partial charge in [-0.3, -0.25) is 9.69 Å². The molecular formula is C18H20BrFN2O2. The Labute approximate surface area is 149 Å². The first-order chi connectivity index (χ1) is 11.5. The van der Waals surface area contributed by atoms with E-state index in [2.05, 4.69) is 21.2 Å². The Bertz CT molecular complexity index is 709. The van der Waals surface area contributed by atoms with Crippen molar-refractivity contribution in [3.05, 3.63) is 58.3 Å². The molecular weight excluding hydrogens is 375 g/mol. The van der Waals surface area contributed by atoms with Crippen molar-refractivity contribution in [3.8, 4) is 5.75 Å². The van der Waals surface area contributed by atoms with Crippen LogP contribution in [0.5, 0.6) is 5.75 Å². The molecule has 1 amide bonds. The summed E-state index contributed by atoms with van der Waals surface area (Å²) in [6.45, 7) is 3.52. The fourth-order valence-corrected chi connectivity index (χ4v) is 2.71. The molecule has 0 radical (unpaired) electrons. The molecule has 0 unspecified atom stereocenters. The van der Waals surface area contributed by atoms with Crippen molar-refractivity contribution >= 4 is 27.5 Å². The zero-order chi connectivity index (χ0) is 17.5. The number of rotatable bonds is 7. The summed E-state index contributed by atoms with van der Waals surface area (Å²) >= 11 is 3.18. The highest BCUT2D eigenvalue weighted by Crippen LogP contribution is 2.19. The van der Waals surface area contributed by atoms with Gasteiger partial charge in [-0.2, -0.15) is 0 Å². The summed E-state index contributed by atoms with van der Waals surface area (Å²) in [4.78, 5) is 14.2. The predicted molar refractivity (Wildman–Crippen MR) is 96.7 cm³/mol. The maximum atomic E-state index is 13.3. The van der Waals surface area contributed by atoms with E-state index in [1.165, 1.54) is 6.07 Å². The van der Waals surface area contributed by atoms with Crippen LogP contribution in [0.1, 0.15) is 12.5 Å². The number of nitrogens with zero attached hydrogens (tertiary/aromatic N) is 1. The minimum atomic E-state index is -0.294. The monoisotopic (exact) mass is 394 g/mol. The summed E-state index contributed by atoms with van der Waals surface area (Å²) in [5, 5.41) is 2.86. The number of benzene rings is 2. The number of ether oxygens (including phenoxy) is 1. The van der Waals surface area contributed by atoms with E-state index in [9.17, 15) is 9.18 Å². The fraction of sp³-hybridized carbons (Fsp3) is 0.278. The van der Waals surface area contributed by atoms with Crippen LogP contribution in [0.2, 0.25) is 0 Å². The standard InChI is InChI=1S/C18H20BrFN2O2/c1-3-22(11-13-7-8-17(20)16(19)9-13)12-18(23)21-14-5-4-6-15(10-14)24-2/h4-10H,3,11-12H2,1-2H3,(H,21,23). The molecule has 0 heterocycles. The number of likely N-dealkylation sites (N-methyl/N-ethyl adjacent to an activating group) is 1. The summed E-state index contributed by atoms with van der Waals surface area (Å²) in [5.74, 6) is 0.292. The second kappa shape index (κ2) is 8.80. The van der Waals surface area contributed by atoms with Gasteiger partial charge < -0.3 is 10.1 Å². The molecule has 24 heavy (non-hydrogen) atoms. The molecule has 0 spiro atoms. The molecule has 2 aromatic rings. The van der Waals surface area contributed by atoms with Crippen molar-refractivity contribution in [1.29, 1.82) is 0 Å². The molecule has 0 aliphatic rings. The van der Waals surface area contributed by atoms with Gasteiger partial charge in [-0.05, 0) is 52.3 Å². The van der Waals surface area contributed by atoms with Gasteiger partial charge in [0.25, 0.3) is 0 Å². The second-order valence-corrected chi connectivity index (χ2v) is 6.19. The topological polar surface area (TPSA) is 41.6 Å². The minimum Gasteiger partial charge on any atom is -0.497 e. The van der Waals surface area contributed by atoms with Crippen LogP contribution in [-0.4, -0.2) is 31.0 Å². The Morgan fingerprint density at radius 1 is 1.29 bits per heavy atom. The van der Waals surface area contributed by atoms with Gasteiger partial charge in [0.2, 0.25) is 5.91 Å². The average molecular weight is 395 g/mol. The Morgan fingerprint density at radius 2 is 2.08 bits per heavy atom. The highest BCUT2D eigenvalue weighted by Gasteiger charge is 2.11. The fourth-order valence-electron chi connectivity index (χ4n) is 2.28. The lowest BCUT2D eigenvalue weighted by Gasteiger charge is -2.20. The number of carbonyl (C=O) groups is 1. The summed E-state index contributed by atoms with van der Waals surface area (Å²) in [5.41, 5.74) is 1.64. The molecule has 0 atom stereocenters. The lowest BCUT2D eigenvalue weighted by Crippen LogP contribution is -2.32. The number of hydrogen-bond acceptors (Lipinski definition) is 3. The van der Waals surface area contributed by atoms with E-state index in [-0.39, 0.29) is 18.3 Å². The Kier molecular flexibility index (Phi) is 6.75. The van der Waals surface area contributed by atoms with Crippen molar-refractivity contribution in [3.63, 3.8) is 0 Å². The summed E-state index contributed by atoms with van der Waals surface area (Å²) in [6.07, 6.45) is 0. The van der Waals surface area contributed by atoms with Gasteiger partial charge in [0.1, 0.15) is 11.6 Å². The van der Waals surface area contributed by atoms with Gasteiger partial charge in [-0.15, -0.1) is 0 Å². The van der Waals surface area contributed by atoms with Gasteiger partial charge >= 0.3 is 0 Å². The van der Waals surface area contributed by atoms with Gasteiger partial charge in [-0.25, -0.2) is 4.39 Å². The third-order valence-electron chi connectivity index (χ3n) is 3.56. The van der Waals surface area contributed by atoms with Crippen LogP contribution in [0.4, 0.5) is 10.1 Å². The molecule has 0 bridgehead atoms. The number of methoxy groups -OCH3 is 1. The number of amides is 1. The summed E-state index contributed by atoms with van der Waals surface area (Å²) in [6, 6.07) is 12.1. The first-order valence-electron chi connectivity index (χ1n) is 7.62. The molecule has 0 fully saturated rings. The number of carbonyl (C=O) groups excluding carboxylic acids is 1. The van der Waals surface area contributed by atoms with Crippen molar-refractivity contribution in [2.45, 2.75) is 13.5 Å². The maximum Gasteiger partial charge on any atom is 0.238 e. The summed E-state index contributed by atoms with van der Waals surface area (Å²) in [7, 11) is 1.58. The first-order valence-corrected chi connectivity index (χ1v) is 8.41. The highest BCUT2D eigenvalue weighted by atomic mass is 79.9. The van der Waals surface area contributed by atoms with Crippen LogP contribution in [0.15, 0.2) is 46.9 Å². The Hall–Kier alpha value is -1.92. The number of halogens is 2. The zero-order valence-electron chi connectivity index (χ0n) is 13.7. The van der Waals surface area contributed by atoms with E-state index in [0.29, 0.717) is 29.0 Å². The molecule has 4 nitrogen and oxygen atoms in total. The van der Waals surface area contributed by atoms with E-state index in [1.54, 1.807) is 25.3 Å². The third-order valence-corrected chi connectivity index (χ3v) is 4.17. The molecule has 0 saturated carbocycles. The molecule has 0 aliphatic heterocycles. The average Bonchev–Trinajstić information content (AvgIpc) is 2.57. The van der Waals surface area contributed by atoms with Crippen molar-refractivity contribution in [1.82, 2.24) is 4.90 Å². The normalized spacial score (nSPS) is 10.7. The number of hydrogen-bond donors (Lipinski definition) is 1. The van der Waals surface area contributed by atoms with E-state index in [4.69, 9.17) is 4.74 Å². The molecule has 128 valence electrons. The van der Waals surface area contributed by atoms with Gasteiger partial charge in [0.05, 0.1) is 18.1 Å². The van der Waals surface area contributed by atoms with Crippen LogP contribution < -0.4 is 10.1 Å². The quantitative estimate of drug-likeness (QED) is 0.769. The van der Waals surface area contributed by atoms with Crippen LogP contribution >= 0.6 is 15.9 Å². The van der Waals surface area contributed by atoms with E-state index < -0.39 is 0 Å². The van der Waals surface area contributed by atoms with E-state index in [1.807, 2.05) is 30.0 Å². The van der Waals surface area contributed by atoms with Gasteiger partial charge in [-0.1, -0.05) is 19.1 Å². The molecule has 0 aromatic heterocycles. The zero-order valence-corrected chi connectivity index (χ0v) is 15.3. The number of nitrogens with one attached hydrogen (secondary N) is 1. The third kappa shape index (κ3) is 5.32. The SMILES string of the molecule is CCN(CC(=O)Nc1cccc(OC)c1)Cc1ccc(F)c(Br)c1. The van der Waals surface area contributed by atoms with Crippen molar-refractivity contribution < 1.29 is 13.9 Å². The number of anilines is 1. The van der Waals surface area contributed by atoms with E-state index in [0.717, 1.165) is 5.56 Å². The van der Waals surface area contributed by atoms with Crippen molar-refractivity contribution in [2.75, 3.05) is 25.5 Å². The molecule has 6 heteroatoms. The summed E-state index contributed by atoms with van der Waals surface area (Å²) < 4.78 is 18.9. The molecule has 0 aliphatic carbocycles. The Morgan fingerprint density at radius 3 is 2.75 bits per heavy atom. The lowest BCUT2D eigenvalue weighted by molar-refractivity contribution is -0.117. The van der Waals surface area contributed by atoms with Gasteiger partial charge in [0, 0.05) is 18.3 Å². The van der Waals surface area contributed by atoms with Crippen LogP contribution in [0.3, 0.4) is 0 Å². The molecule has 0 saturated heterocycles. The van der Waals surface area contributed by atoms with Crippen LogP contribution in [0.25, 0.3) is 0 Å². The maximum absolute atomic E-state index is 13.3. The molecule has 1 N–H and O–H groups in total. The van der Waals surface area contributed by atoms with Crippen molar-refractivity contribution in [2.24, 2.45) is 0 Å². The molecule has 2 rings (SSSR count). The van der Waals surface area contributed by atoms with Crippen LogP contribution in [0, 0.1) is 5.82 Å². The second-order valence-electron chi connectivity index (χ2n) is 5.33. The predicted octanol–water partition coefficient (Wildman–Crippen LogP) is 4.06. The smallest absolute Gasteiger partial charge is 0.238 e. The lowest BCUT2D eigenvalue weighted by atomic mass is 10.2. The minimum absolute atomic E-state index is 0.105. The Balaban J connectivity index is 1.95. The molecule has 2 aromatic carbocycles. The van der Waals surface area contributed by atoms with Gasteiger partial charge in [0.15, 0.2) is 0 Å². The van der Waals surface area contributed by atoms with E-state index >= 15 is 0 Å². The van der Waals surface area contributed by atoms with Crippen LogP contribution in [-0.2, 0) is 11.3 Å².